The van der Waals surface area contributed by atoms with Crippen LogP contribution in [0.2, 0.25) is 0 Å². The number of nitro groups is 1. The SMILES string of the molecule is CN(/N=C\C=N/Nc1ccccc1)c1ccccc1[N+](=O)[O-]. The number of hydrazone groups is 2. The number of para-hydroxylation sites is 3. The Morgan fingerprint density at radius 2 is 1.77 bits per heavy atom. The average molecular weight is 297 g/mol. The molecule has 0 saturated heterocycles. The van der Waals surface area contributed by atoms with E-state index < -0.39 is 4.92 Å². The van der Waals surface area contributed by atoms with E-state index in [1.807, 2.05) is 30.3 Å². The third-order valence-electron chi connectivity index (χ3n) is 2.78. The molecular formula is C15H15N5O2. The molecule has 7 nitrogen and oxygen atoms in total. The van der Waals surface area contributed by atoms with Crippen molar-refractivity contribution in [1.29, 1.82) is 0 Å². The van der Waals surface area contributed by atoms with Crippen molar-refractivity contribution in [1.82, 2.24) is 0 Å². The van der Waals surface area contributed by atoms with Gasteiger partial charge in [-0.05, 0) is 18.2 Å². The van der Waals surface area contributed by atoms with Gasteiger partial charge in [0.1, 0.15) is 5.69 Å². The monoisotopic (exact) mass is 297 g/mol. The number of anilines is 2. The summed E-state index contributed by atoms with van der Waals surface area (Å²) in [5, 5.41) is 20.4. The summed E-state index contributed by atoms with van der Waals surface area (Å²) in [5.41, 5.74) is 4.11. The quantitative estimate of drug-likeness (QED) is 0.504. The van der Waals surface area contributed by atoms with E-state index in [2.05, 4.69) is 15.6 Å². The van der Waals surface area contributed by atoms with E-state index in [1.165, 1.54) is 23.5 Å². The van der Waals surface area contributed by atoms with E-state index in [9.17, 15) is 10.1 Å². The predicted octanol–water partition coefficient (Wildman–Crippen LogP) is 3.11. The molecule has 7 heteroatoms. The lowest BCUT2D eigenvalue weighted by Gasteiger charge is -2.11. The minimum atomic E-state index is -0.438. The van der Waals surface area contributed by atoms with Crippen LogP contribution in [-0.4, -0.2) is 24.4 Å². The van der Waals surface area contributed by atoms with Crippen molar-refractivity contribution in [3.8, 4) is 0 Å². The number of rotatable bonds is 6. The van der Waals surface area contributed by atoms with Crippen molar-refractivity contribution in [2.45, 2.75) is 0 Å². The zero-order chi connectivity index (χ0) is 15.8. The Bertz CT molecular complexity index is 685. The molecule has 0 bridgehead atoms. The van der Waals surface area contributed by atoms with Gasteiger partial charge in [0, 0.05) is 13.1 Å². The smallest absolute Gasteiger partial charge is 0.278 e. The molecule has 1 N–H and O–H groups in total. The van der Waals surface area contributed by atoms with Gasteiger partial charge in [-0.2, -0.15) is 10.2 Å². The minimum absolute atomic E-state index is 0.00139. The number of nitrogens with one attached hydrogen (secondary N) is 1. The van der Waals surface area contributed by atoms with Crippen LogP contribution in [0.25, 0.3) is 0 Å². The molecule has 0 unspecified atom stereocenters. The highest BCUT2D eigenvalue weighted by Crippen LogP contribution is 2.26. The third kappa shape index (κ3) is 4.14. The summed E-state index contributed by atoms with van der Waals surface area (Å²) in [7, 11) is 1.64. The second-order valence-electron chi connectivity index (χ2n) is 4.29. The maximum absolute atomic E-state index is 11.0. The van der Waals surface area contributed by atoms with Crippen LogP contribution in [0.3, 0.4) is 0 Å². The molecular weight excluding hydrogens is 282 g/mol. The lowest BCUT2D eigenvalue weighted by molar-refractivity contribution is -0.384. The van der Waals surface area contributed by atoms with Gasteiger partial charge >= 0.3 is 0 Å². The Labute approximate surface area is 127 Å². The molecule has 0 atom stereocenters. The van der Waals surface area contributed by atoms with E-state index >= 15 is 0 Å². The molecule has 2 rings (SSSR count). The Balaban J connectivity index is 1.97. The van der Waals surface area contributed by atoms with Gasteiger partial charge in [-0.15, -0.1) is 0 Å². The first-order chi connectivity index (χ1) is 10.7. The van der Waals surface area contributed by atoms with Crippen molar-refractivity contribution in [2.75, 3.05) is 17.5 Å². The lowest BCUT2D eigenvalue weighted by atomic mass is 10.2. The van der Waals surface area contributed by atoms with Crippen molar-refractivity contribution >= 4 is 29.5 Å². The molecule has 0 spiro atoms. The van der Waals surface area contributed by atoms with E-state index in [0.29, 0.717) is 5.69 Å². The number of nitro benzene ring substituents is 1. The fourth-order valence-corrected chi connectivity index (χ4v) is 1.74. The first-order valence-electron chi connectivity index (χ1n) is 6.52. The zero-order valence-electron chi connectivity index (χ0n) is 12.0. The van der Waals surface area contributed by atoms with Crippen LogP contribution >= 0.6 is 0 Å². The van der Waals surface area contributed by atoms with Crippen molar-refractivity contribution < 1.29 is 4.92 Å². The molecule has 112 valence electrons. The largest absolute Gasteiger partial charge is 0.294 e. The summed E-state index contributed by atoms with van der Waals surface area (Å²) in [6, 6.07) is 15.9. The first kappa shape index (κ1) is 15.2. The van der Waals surface area contributed by atoms with Gasteiger partial charge in [0.2, 0.25) is 0 Å². The van der Waals surface area contributed by atoms with Crippen LogP contribution in [-0.2, 0) is 0 Å². The standard InChI is InChI=1S/C15H15N5O2/c1-19(14-9-5-6-10-15(14)20(21)22)17-12-11-16-18-13-7-3-2-4-8-13/h2-12,18H,1H3/b16-11-,17-12-. The van der Waals surface area contributed by atoms with E-state index in [0.717, 1.165) is 5.69 Å². The van der Waals surface area contributed by atoms with Crippen LogP contribution < -0.4 is 10.4 Å². The number of benzene rings is 2. The average Bonchev–Trinajstić information content (AvgIpc) is 2.55. The zero-order valence-corrected chi connectivity index (χ0v) is 12.0. The molecule has 2 aromatic rings. The van der Waals surface area contributed by atoms with Crippen LogP contribution in [0, 0.1) is 10.1 Å². The van der Waals surface area contributed by atoms with Gasteiger partial charge < -0.3 is 0 Å². The van der Waals surface area contributed by atoms with Crippen LogP contribution in [0.4, 0.5) is 17.1 Å². The highest BCUT2D eigenvalue weighted by molar-refractivity contribution is 6.16. The fraction of sp³-hybridized carbons (Fsp3) is 0.0667. The molecule has 22 heavy (non-hydrogen) atoms. The molecule has 0 aliphatic carbocycles. The van der Waals surface area contributed by atoms with Gasteiger partial charge in [0.15, 0.2) is 0 Å². The van der Waals surface area contributed by atoms with Crippen LogP contribution in [0.15, 0.2) is 64.8 Å². The van der Waals surface area contributed by atoms with Crippen LogP contribution in [0.1, 0.15) is 0 Å². The molecule has 0 heterocycles. The van der Waals surface area contributed by atoms with E-state index in [1.54, 1.807) is 25.2 Å². The summed E-state index contributed by atoms with van der Waals surface area (Å²) in [4.78, 5) is 10.5. The Kier molecular flexibility index (Phi) is 5.20. The molecule has 0 amide bonds. The van der Waals surface area contributed by atoms with Gasteiger partial charge in [-0.3, -0.25) is 20.5 Å². The van der Waals surface area contributed by atoms with Gasteiger partial charge in [0.05, 0.1) is 23.0 Å². The van der Waals surface area contributed by atoms with Crippen molar-refractivity contribution in [2.24, 2.45) is 10.2 Å². The van der Waals surface area contributed by atoms with Crippen molar-refractivity contribution in [3.05, 3.63) is 64.7 Å². The van der Waals surface area contributed by atoms with E-state index in [-0.39, 0.29) is 5.69 Å². The molecule has 0 saturated carbocycles. The lowest BCUT2D eigenvalue weighted by Crippen LogP contribution is -2.11. The maximum Gasteiger partial charge on any atom is 0.294 e. The molecule has 0 aliphatic heterocycles. The predicted molar refractivity (Wildman–Crippen MR) is 88.5 cm³/mol. The maximum atomic E-state index is 11.0. The first-order valence-corrected chi connectivity index (χ1v) is 6.52. The number of nitrogens with zero attached hydrogens (tertiary/aromatic N) is 4. The topological polar surface area (TPSA) is 83.1 Å². The Hall–Kier alpha value is -3.22. The Morgan fingerprint density at radius 1 is 1.09 bits per heavy atom. The minimum Gasteiger partial charge on any atom is -0.278 e. The highest BCUT2D eigenvalue weighted by atomic mass is 16.6. The normalized spacial score (nSPS) is 11.0. The Morgan fingerprint density at radius 3 is 2.50 bits per heavy atom. The van der Waals surface area contributed by atoms with Gasteiger partial charge in [-0.1, -0.05) is 30.3 Å². The second-order valence-corrected chi connectivity index (χ2v) is 4.29. The second kappa shape index (κ2) is 7.53. The summed E-state index contributed by atoms with van der Waals surface area (Å²) in [6.07, 6.45) is 2.92. The molecule has 0 aliphatic rings. The fourth-order valence-electron chi connectivity index (χ4n) is 1.74. The molecule has 0 aromatic heterocycles. The summed E-state index contributed by atoms with van der Waals surface area (Å²) >= 11 is 0. The third-order valence-corrected chi connectivity index (χ3v) is 2.78. The molecule has 0 radical (unpaired) electrons. The van der Waals surface area contributed by atoms with Gasteiger partial charge in [0.25, 0.3) is 5.69 Å². The molecule has 2 aromatic carbocycles. The summed E-state index contributed by atoms with van der Waals surface area (Å²) in [5.74, 6) is 0. The highest BCUT2D eigenvalue weighted by Gasteiger charge is 2.14. The summed E-state index contributed by atoms with van der Waals surface area (Å²) < 4.78 is 0. The number of hydrogen-bond acceptors (Lipinski definition) is 6. The van der Waals surface area contributed by atoms with E-state index in [4.69, 9.17) is 0 Å². The van der Waals surface area contributed by atoms with Crippen molar-refractivity contribution in [3.63, 3.8) is 0 Å². The van der Waals surface area contributed by atoms with Crippen LogP contribution in [0.5, 0.6) is 0 Å². The van der Waals surface area contributed by atoms with Gasteiger partial charge in [-0.25, -0.2) is 0 Å². The summed E-state index contributed by atoms with van der Waals surface area (Å²) in [6.45, 7) is 0. The molecule has 0 fully saturated rings. The number of hydrogen-bond donors (Lipinski definition) is 1.